The molecular formula is C24H23ClN2O4S. The van der Waals surface area contributed by atoms with Crippen LogP contribution in [-0.4, -0.2) is 27.0 Å². The molecule has 3 aromatic carbocycles. The first kappa shape index (κ1) is 22.2. The van der Waals surface area contributed by atoms with Crippen LogP contribution in [0.4, 0.5) is 5.69 Å². The lowest BCUT2D eigenvalue weighted by molar-refractivity contribution is -0.127. The van der Waals surface area contributed by atoms with Gasteiger partial charge in [-0.1, -0.05) is 47.5 Å². The van der Waals surface area contributed by atoms with Gasteiger partial charge in [-0.25, -0.2) is 8.42 Å². The summed E-state index contributed by atoms with van der Waals surface area (Å²) in [5, 5.41) is 3.43. The Labute approximate surface area is 192 Å². The summed E-state index contributed by atoms with van der Waals surface area (Å²) in [6.07, 6.45) is -0.988. The van der Waals surface area contributed by atoms with Gasteiger partial charge >= 0.3 is 0 Å². The fraction of sp³-hybridized carbons (Fsp3) is 0.208. The summed E-state index contributed by atoms with van der Waals surface area (Å²) < 4.78 is 34.1. The summed E-state index contributed by atoms with van der Waals surface area (Å²) >= 11 is 5.90. The lowest BCUT2D eigenvalue weighted by Gasteiger charge is -2.35. The number of fused-ring (bicyclic) bond motifs is 1. The van der Waals surface area contributed by atoms with E-state index in [0.29, 0.717) is 16.5 Å². The van der Waals surface area contributed by atoms with Gasteiger partial charge < -0.3 is 10.1 Å². The minimum atomic E-state index is -3.89. The second-order valence-electron chi connectivity index (χ2n) is 7.77. The molecule has 0 saturated heterocycles. The van der Waals surface area contributed by atoms with Crippen LogP contribution in [0.15, 0.2) is 71.6 Å². The predicted octanol–water partition coefficient (Wildman–Crippen LogP) is 4.23. The standard InChI is InChI=1S/C24H23ClN2O4S/c1-16-3-10-20(11-4-16)32(29,30)27-15-23(31-22-12-5-17(2)13-21(22)27)24(28)26-14-18-6-8-19(25)9-7-18/h3-13,23H,14-15H2,1-2H3,(H,26,28)/t23-/m0/s1. The summed E-state index contributed by atoms with van der Waals surface area (Å²) in [5.74, 6) is -0.0422. The Hall–Kier alpha value is -3.03. The Morgan fingerprint density at radius 3 is 2.38 bits per heavy atom. The Morgan fingerprint density at radius 1 is 1.03 bits per heavy atom. The molecule has 0 saturated carbocycles. The number of carbonyl (C=O) groups is 1. The van der Waals surface area contributed by atoms with Gasteiger partial charge in [0.25, 0.3) is 15.9 Å². The van der Waals surface area contributed by atoms with E-state index in [4.69, 9.17) is 16.3 Å². The molecular weight excluding hydrogens is 448 g/mol. The van der Waals surface area contributed by atoms with E-state index < -0.39 is 22.0 Å². The van der Waals surface area contributed by atoms with Crippen molar-refractivity contribution in [2.24, 2.45) is 0 Å². The zero-order valence-corrected chi connectivity index (χ0v) is 19.3. The number of hydrogen-bond donors (Lipinski definition) is 1. The fourth-order valence-corrected chi connectivity index (χ4v) is 5.06. The topological polar surface area (TPSA) is 75.7 Å². The van der Waals surface area contributed by atoms with Gasteiger partial charge in [-0.2, -0.15) is 0 Å². The van der Waals surface area contributed by atoms with Crippen molar-refractivity contribution in [1.29, 1.82) is 0 Å². The van der Waals surface area contributed by atoms with Crippen LogP contribution in [-0.2, 0) is 21.4 Å². The van der Waals surface area contributed by atoms with Crippen LogP contribution < -0.4 is 14.4 Å². The highest BCUT2D eigenvalue weighted by molar-refractivity contribution is 7.92. The first-order chi connectivity index (χ1) is 15.2. The van der Waals surface area contributed by atoms with Gasteiger partial charge in [-0.05, 0) is 61.4 Å². The number of nitrogens with zero attached hydrogens (tertiary/aromatic N) is 1. The van der Waals surface area contributed by atoms with Crippen LogP contribution in [0.3, 0.4) is 0 Å². The summed E-state index contributed by atoms with van der Waals surface area (Å²) in [6, 6.07) is 19.0. The molecule has 1 amide bonds. The molecule has 166 valence electrons. The molecule has 1 heterocycles. The molecule has 3 aromatic rings. The molecule has 1 N–H and O–H groups in total. The van der Waals surface area contributed by atoms with Crippen LogP contribution in [0.5, 0.6) is 5.75 Å². The number of halogens is 1. The van der Waals surface area contributed by atoms with E-state index in [2.05, 4.69) is 5.32 Å². The Kier molecular flexibility index (Phi) is 6.13. The normalized spacial score (nSPS) is 15.6. The fourth-order valence-electron chi connectivity index (χ4n) is 3.47. The summed E-state index contributed by atoms with van der Waals surface area (Å²) in [5.41, 5.74) is 3.15. The Morgan fingerprint density at radius 2 is 1.69 bits per heavy atom. The minimum absolute atomic E-state index is 0.126. The van der Waals surface area contributed by atoms with Gasteiger partial charge in [0.1, 0.15) is 5.75 Å². The van der Waals surface area contributed by atoms with E-state index in [-0.39, 0.29) is 18.0 Å². The third kappa shape index (κ3) is 4.59. The highest BCUT2D eigenvalue weighted by Crippen LogP contribution is 2.37. The van der Waals surface area contributed by atoms with Gasteiger partial charge in [-0.15, -0.1) is 0 Å². The van der Waals surface area contributed by atoms with Crippen molar-refractivity contribution in [3.05, 3.63) is 88.4 Å². The SMILES string of the molecule is Cc1ccc(S(=O)(=O)N2C[C@@H](C(=O)NCc3ccc(Cl)cc3)Oc3ccc(C)cc32)cc1. The van der Waals surface area contributed by atoms with Gasteiger partial charge in [-0.3, -0.25) is 9.10 Å². The third-order valence-electron chi connectivity index (χ3n) is 5.27. The van der Waals surface area contributed by atoms with E-state index in [1.165, 1.54) is 4.31 Å². The quantitative estimate of drug-likeness (QED) is 0.605. The molecule has 0 aromatic heterocycles. The van der Waals surface area contributed by atoms with E-state index >= 15 is 0 Å². The van der Waals surface area contributed by atoms with Crippen LogP contribution in [0.1, 0.15) is 16.7 Å². The largest absolute Gasteiger partial charge is 0.476 e. The number of sulfonamides is 1. The molecule has 0 unspecified atom stereocenters. The number of amides is 1. The monoisotopic (exact) mass is 470 g/mol. The molecule has 0 fully saturated rings. The Balaban J connectivity index is 1.61. The second kappa shape index (κ2) is 8.84. The van der Waals surface area contributed by atoms with Crippen molar-refractivity contribution in [3.63, 3.8) is 0 Å². The molecule has 0 bridgehead atoms. The van der Waals surface area contributed by atoms with Gasteiger partial charge in [0.15, 0.2) is 6.10 Å². The molecule has 8 heteroatoms. The number of nitrogens with one attached hydrogen (secondary N) is 1. The van der Waals surface area contributed by atoms with Crippen molar-refractivity contribution < 1.29 is 17.9 Å². The number of rotatable bonds is 5. The summed E-state index contributed by atoms with van der Waals surface area (Å²) in [6.45, 7) is 3.92. The van der Waals surface area contributed by atoms with Crippen molar-refractivity contribution >= 4 is 33.2 Å². The van der Waals surface area contributed by atoms with Crippen LogP contribution in [0.2, 0.25) is 5.02 Å². The number of anilines is 1. The third-order valence-corrected chi connectivity index (χ3v) is 7.31. The van der Waals surface area contributed by atoms with Crippen molar-refractivity contribution in [3.8, 4) is 5.75 Å². The summed E-state index contributed by atoms with van der Waals surface area (Å²) in [7, 11) is -3.89. The zero-order valence-electron chi connectivity index (χ0n) is 17.7. The van der Waals surface area contributed by atoms with Gasteiger partial charge in [0, 0.05) is 11.6 Å². The molecule has 4 rings (SSSR count). The Bertz CT molecular complexity index is 1240. The van der Waals surface area contributed by atoms with Crippen molar-refractivity contribution in [1.82, 2.24) is 5.32 Å². The van der Waals surface area contributed by atoms with Crippen molar-refractivity contribution in [2.75, 3.05) is 10.8 Å². The number of carbonyl (C=O) groups excluding carboxylic acids is 1. The molecule has 1 atom stereocenters. The maximum Gasteiger partial charge on any atom is 0.264 e. The van der Waals surface area contributed by atoms with E-state index in [1.54, 1.807) is 48.5 Å². The number of hydrogen-bond acceptors (Lipinski definition) is 4. The summed E-state index contributed by atoms with van der Waals surface area (Å²) in [4.78, 5) is 13.0. The van der Waals surface area contributed by atoms with Crippen LogP contribution in [0, 0.1) is 13.8 Å². The van der Waals surface area contributed by atoms with Gasteiger partial charge in [0.05, 0.1) is 17.1 Å². The van der Waals surface area contributed by atoms with Gasteiger partial charge in [0.2, 0.25) is 0 Å². The average Bonchev–Trinajstić information content (AvgIpc) is 2.78. The smallest absolute Gasteiger partial charge is 0.264 e. The lowest BCUT2D eigenvalue weighted by Crippen LogP contribution is -2.50. The maximum atomic E-state index is 13.5. The molecule has 32 heavy (non-hydrogen) atoms. The van der Waals surface area contributed by atoms with Crippen LogP contribution in [0.25, 0.3) is 0 Å². The van der Waals surface area contributed by atoms with E-state index in [0.717, 1.165) is 16.7 Å². The van der Waals surface area contributed by atoms with E-state index in [1.807, 2.05) is 32.0 Å². The van der Waals surface area contributed by atoms with Crippen LogP contribution >= 0.6 is 11.6 Å². The van der Waals surface area contributed by atoms with Crippen molar-refractivity contribution in [2.45, 2.75) is 31.4 Å². The second-order valence-corrected chi connectivity index (χ2v) is 10.1. The predicted molar refractivity (Wildman–Crippen MR) is 125 cm³/mol. The molecule has 0 spiro atoms. The highest BCUT2D eigenvalue weighted by atomic mass is 35.5. The first-order valence-electron chi connectivity index (χ1n) is 10.1. The minimum Gasteiger partial charge on any atom is -0.476 e. The maximum absolute atomic E-state index is 13.5. The number of benzene rings is 3. The first-order valence-corrected chi connectivity index (χ1v) is 11.9. The molecule has 1 aliphatic heterocycles. The number of ether oxygens (including phenoxy) is 1. The molecule has 0 aliphatic carbocycles. The highest BCUT2D eigenvalue weighted by Gasteiger charge is 2.37. The molecule has 0 radical (unpaired) electrons. The lowest BCUT2D eigenvalue weighted by atomic mass is 10.1. The number of aryl methyl sites for hydroxylation is 2. The zero-order chi connectivity index (χ0) is 22.9. The van der Waals surface area contributed by atoms with E-state index in [9.17, 15) is 13.2 Å². The molecule has 6 nitrogen and oxygen atoms in total. The molecule has 1 aliphatic rings. The average molecular weight is 471 g/mol.